The van der Waals surface area contributed by atoms with Crippen LogP contribution >= 0.6 is 11.3 Å². The van der Waals surface area contributed by atoms with Crippen molar-refractivity contribution in [3.63, 3.8) is 0 Å². The molecule has 0 saturated carbocycles. The van der Waals surface area contributed by atoms with Crippen LogP contribution in [-0.2, 0) is 0 Å². The zero-order valence-electron chi connectivity index (χ0n) is 28.4. The quantitative estimate of drug-likeness (QED) is 0.158. The first-order chi connectivity index (χ1) is 25.8. The fourth-order valence-electron chi connectivity index (χ4n) is 7.77. The topological polar surface area (TPSA) is 3.24 Å². The molecule has 52 heavy (non-hydrogen) atoms. The minimum Gasteiger partial charge on any atom is -0.310 e. The predicted molar refractivity (Wildman–Crippen MR) is 225 cm³/mol. The van der Waals surface area contributed by atoms with E-state index in [1.165, 1.54) is 75.1 Å². The minimum atomic E-state index is 1.11. The molecule has 0 bridgehead atoms. The van der Waals surface area contributed by atoms with Crippen LogP contribution in [0.2, 0.25) is 0 Å². The molecule has 10 rings (SSSR count). The van der Waals surface area contributed by atoms with Crippen molar-refractivity contribution in [2.75, 3.05) is 4.90 Å². The van der Waals surface area contributed by atoms with Crippen LogP contribution in [0.25, 0.3) is 75.1 Å². The van der Waals surface area contributed by atoms with Gasteiger partial charge in [0, 0.05) is 42.5 Å². The number of benzene rings is 9. The summed E-state index contributed by atoms with van der Waals surface area (Å²) < 4.78 is 2.63. The molecular weight excluding hydrogens is 647 g/mol. The highest BCUT2D eigenvalue weighted by Gasteiger charge is 2.22. The van der Waals surface area contributed by atoms with E-state index in [9.17, 15) is 0 Å². The Morgan fingerprint density at radius 1 is 0.327 bits per heavy atom. The number of rotatable bonds is 6. The summed E-state index contributed by atoms with van der Waals surface area (Å²) >= 11 is 1.91. The van der Waals surface area contributed by atoms with E-state index in [1.807, 2.05) is 11.3 Å². The summed E-state index contributed by atoms with van der Waals surface area (Å²) in [7, 11) is 0. The summed E-state index contributed by atoms with van der Waals surface area (Å²) in [5.41, 5.74) is 10.6. The second-order valence-corrected chi connectivity index (χ2v) is 14.3. The average molecular weight is 680 g/mol. The van der Waals surface area contributed by atoms with E-state index in [4.69, 9.17) is 0 Å². The third-order valence-corrected chi connectivity index (χ3v) is 11.4. The van der Waals surface area contributed by atoms with Gasteiger partial charge in [0.1, 0.15) is 0 Å². The Balaban J connectivity index is 1.26. The molecule has 0 aliphatic rings. The first kappa shape index (κ1) is 30.4. The third-order valence-electron chi connectivity index (χ3n) is 10.3. The largest absolute Gasteiger partial charge is 0.310 e. The fourth-order valence-corrected chi connectivity index (χ4v) is 9.05. The molecule has 0 radical (unpaired) electrons. The molecule has 0 amide bonds. The summed E-state index contributed by atoms with van der Waals surface area (Å²) in [6, 6.07) is 72.8. The molecule has 0 aliphatic carbocycles. The van der Waals surface area contributed by atoms with Crippen LogP contribution in [0, 0.1) is 0 Å². The molecule has 0 N–H and O–H groups in total. The lowest BCUT2D eigenvalue weighted by Gasteiger charge is -2.28. The Bertz CT molecular complexity index is 2770. The number of hydrogen-bond acceptors (Lipinski definition) is 2. The van der Waals surface area contributed by atoms with E-state index in [0.717, 1.165) is 17.1 Å². The van der Waals surface area contributed by atoms with Gasteiger partial charge >= 0.3 is 0 Å². The summed E-state index contributed by atoms with van der Waals surface area (Å²) in [6.45, 7) is 0. The second-order valence-electron chi connectivity index (χ2n) is 13.3. The average Bonchev–Trinajstić information content (AvgIpc) is 3.61. The standard InChI is InChI=1S/C50H33NS/c1-4-14-34(15-5-1)36-24-28-39(29-25-36)51(40-30-26-37(27-31-40)35-16-6-2-7-17-35)47-32-46-48(33-45(47)38-18-8-3-9-19-38)52-50-44-23-13-11-21-42(44)41-20-10-12-22-43(41)49(46)50/h1-33H. The summed E-state index contributed by atoms with van der Waals surface area (Å²) in [5, 5.41) is 7.82. The van der Waals surface area contributed by atoms with Crippen LogP contribution in [0.1, 0.15) is 0 Å². The lowest BCUT2D eigenvalue weighted by Crippen LogP contribution is -2.11. The van der Waals surface area contributed by atoms with Crippen LogP contribution in [0.5, 0.6) is 0 Å². The van der Waals surface area contributed by atoms with Gasteiger partial charge in [-0.05, 0) is 80.4 Å². The van der Waals surface area contributed by atoms with Gasteiger partial charge in [0.05, 0.1) is 5.69 Å². The van der Waals surface area contributed by atoms with Crippen LogP contribution in [0.3, 0.4) is 0 Å². The number of nitrogens with zero attached hydrogens (tertiary/aromatic N) is 1. The second kappa shape index (κ2) is 12.7. The van der Waals surface area contributed by atoms with Crippen LogP contribution < -0.4 is 4.90 Å². The lowest BCUT2D eigenvalue weighted by atomic mass is 9.95. The van der Waals surface area contributed by atoms with E-state index in [0.29, 0.717) is 0 Å². The maximum Gasteiger partial charge on any atom is 0.0547 e. The molecule has 2 heteroatoms. The molecule has 0 fully saturated rings. The van der Waals surface area contributed by atoms with E-state index in [2.05, 4.69) is 205 Å². The van der Waals surface area contributed by atoms with E-state index < -0.39 is 0 Å². The maximum absolute atomic E-state index is 2.45. The number of fused-ring (bicyclic) bond motifs is 8. The van der Waals surface area contributed by atoms with Gasteiger partial charge in [-0.15, -0.1) is 11.3 Å². The van der Waals surface area contributed by atoms with E-state index in [-0.39, 0.29) is 0 Å². The van der Waals surface area contributed by atoms with Crippen LogP contribution in [0.4, 0.5) is 17.1 Å². The van der Waals surface area contributed by atoms with Crippen molar-refractivity contribution in [3.05, 3.63) is 200 Å². The van der Waals surface area contributed by atoms with Crippen molar-refractivity contribution in [1.82, 2.24) is 0 Å². The van der Waals surface area contributed by atoms with Gasteiger partial charge in [-0.1, -0.05) is 164 Å². The number of thiophene rings is 1. The highest BCUT2D eigenvalue weighted by atomic mass is 32.1. The fraction of sp³-hybridized carbons (Fsp3) is 0. The third kappa shape index (κ3) is 5.16. The van der Waals surface area contributed by atoms with Gasteiger partial charge in [-0.2, -0.15) is 0 Å². The van der Waals surface area contributed by atoms with Crippen LogP contribution in [-0.4, -0.2) is 0 Å². The predicted octanol–water partition coefficient (Wildman–Crippen LogP) is 14.8. The highest BCUT2D eigenvalue weighted by Crippen LogP contribution is 2.49. The molecule has 1 aromatic heterocycles. The zero-order chi connectivity index (χ0) is 34.4. The summed E-state index contributed by atoms with van der Waals surface area (Å²) in [5.74, 6) is 0. The molecule has 0 spiro atoms. The lowest BCUT2D eigenvalue weighted by molar-refractivity contribution is 1.29. The van der Waals surface area contributed by atoms with E-state index >= 15 is 0 Å². The molecule has 0 aliphatic heterocycles. The van der Waals surface area contributed by atoms with Crippen molar-refractivity contribution in [2.24, 2.45) is 0 Å². The monoisotopic (exact) mass is 679 g/mol. The Morgan fingerprint density at radius 3 is 1.29 bits per heavy atom. The zero-order valence-corrected chi connectivity index (χ0v) is 29.2. The summed E-state index contributed by atoms with van der Waals surface area (Å²) in [6.07, 6.45) is 0. The van der Waals surface area contributed by atoms with Gasteiger partial charge in [-0.3, -0.25) is 0 Å². The van der Waals surface area contributed by atoms with Gasteiger partial charge in [0.25, 0.3) is 0 Å². The Hall–Kier alpha value is -6.48. The molecule has 1 nitrogen and oxygen atoms in total. The van der Waals surface area contributed by atoms with Crippen molar-refractivity contribution in [3.8, 4) is 33.4 Å². The first-order valence-corrected chi connectivity index (χ1v) is 18.6. The Kier molecular flexibility index (Phi) is 7.41. The first-order valence-electron chi connectivity index (χ1n) is 17.8. The molecule has 10 aromatic rings. The Morgan fingerprint density at radius 2 is 0.750 bits per heavy atom. The van der Waals surface area contributed by atoms with Crippen LogP contribution in [0.15, 0.2) is 200 Å². The molecule has 1 heterocycles. The molecule has 9 aromatic carbocycles. The molecule has 0 atom stereocenters. The smallest absolute Gasteiger partial charge is 0.0547 e. The maximum atomic E-state index is 2.45. The molecule has 244 valence electrons. The van der Waals surface area contributed by atoms with Crippen molar-refractivity contribution >= 4 is 70.1 Å². The normalized spacial score (nSPS) is 11.5. The van der Waals surface area contributed by atoms with Crippen molar-refractivity contribution < 1.29 is 0 Å². The van der Waals surface area contributed by atoms with Gasteiger partial charge < -0.3 is 4.90 Å². The van der Waals surface area contributed by atoms with Gasteiger partial charge in [0.15, 0.2) is 0 Å². The molecular formula is C50H33NS. The highest BCUT2D eigenvalue weighted by molar-refractivity contribution is 7.27. The molecule has 0 saturated heterocycles. The SMILES string of the molecule is c1ccc(-c2ccc(N(c3ccc(-c4ccccc4)cc3)c3cc4c(cc3-c3ccccc3)sc3c5ccccc5c5ccccc5c43)cc2)cc1. The van der Waals surface area contributed by atoms with E-state index in [1.54, 1.807) is 0 Å². The number of hydrogen-bond donors (Lipinski definition) is 0. The van der Waals surface area contributed by atoms with Crippen molar-refractivity contribution in [2.45, 2.75) is 0 Å². The minimum absolute atomic E-state index is 1.11. The van der Waals surface area contributed by atoms with Gasteiger partial charge in [0.2, 0.25) is 0 Å². The molecule has 0 unspecified atom stereocenters. The number of anilines is 3. The summed E-state index contributed by atoms with van der Waals surface area (Å²) in [4.78, 5) is 2.44. The Labute approximate surface area is 307 Å². The van der Waals surface area contributed by atoms with Gasteiger partial charge in [-0.25, -0.2) is 0 Å². The van der Waals surface area contributed by atoms with Crippen molar-refractivity contribution in [1.29, 1.82) is 0 Å².